The van der Waals surface area contributed by atoms with Gasteiger partial charge in [0.15, 0.2) is 5.16 Å². The Bertz CT molecular complexity index is 1620. The number of amides is 1. The van der Waals surface area contributed by atoms with E-state index in [1.54, 1.807) is 10.6 Å². The maximum Gasteiger partial charge on any atom is 0.267 e. The smallest absolute Gasteiger partial charge is 0.267 e. The summed E-state index contributed by atoms with van der Waals surface area (Å²) < 4.78 is 3.45. The van der Waals surface area contributed by atoms with Crippen LogP contribution in [0.15, 0.2) is 76.7 Å². The molecular weight excluding hydrogens is 458 g/mol. The van der Waals surface area contributed by atoms with Gasteiger partial charge in [-0.3, -0.25) is 14.0 Å². The zero-order valence-electron chi connectivity index (χ0n) is 19.8. The molecule has 7 nitrogen and oxygen atoms in total. The SMILES string of the molecule is CCc1ccc(NC(=O)CSc2nnc3n(-c4ccc(C)cc4C)c(=O)c4ccccc4n23)cc1. The fourth-order valence-electron chi connectivity index (χ4n) is 4.20. The molecular formula is C27H25N5O2S. The highest BCUT2D eigenvalue weighted by Crippen LogP contribution is 2.25. The van der Waals surface area contributed by atoms with E-state index in [2.05, 4.69) is 22.4 Å². The molecule has 1 amide bonds. The Balaban J connectivity index is 1.53. The monoisotopic (exact) mass is 483 g/mol. The topological polar surface area (TPSA) is 81.3 Å². The number of aryl methyl sites for hydroxylation is 3. The van der Waals surface area contributed by atoms with Gasteiger partial charge in [0, 0.05) is 5.69 Å². The summed E-state index contributed by atoms with van der Waals surface area (Å²) in [5.74, 6) is 0.439. The van der Waals surface area contributed by atoms with Crippen LogP contribution in [0.3, 0.4) is 0 Å². The lowest BCUT2D eigenvalue weighted by Gasteiger charge is -2.13. The first-order valence-corrected chi connectivity index (χ1v) is 12.4. The highest BCUT2D eigenvalue weighted by molar-refractivity contribution is 7.99. The van der Waals surface area contributed by atoms with Gasteiger partial charge in [0.2, 0.25) is 11.7 Å². The van der Waals surface area contributed by atoms with E-state index in [-0.39, 0.29) is 17.2 Å². The van der Waals surface area contributed by atoms with Crippen LogP contribution >= 0.6 is 11.8 Å². The standard InChI is InChI=1S/C27H25N5O2S/c1-4-19-10-12-20(13-11-19)28-24(33)16-35-27-30-29-26-31(22-14-9-17(2)15-18(22)3)25(34)21-7-5-6-8-23(21)32(26)27/h5-15H,4,16H2,1-3H3,(H,28,33). The van der Waals surface area contributed by atoms with Gasteiger partial charge in [-0.05, 0) is 61.7 Å². The molecule has 8 heteroatoms. The van der Waals surface area contributed by atoms with Crippen molar-refractivity contribution in [2.24, 2.45) is 0 Å². The molecule has 0 bridgehead atoms. The molecule has 176 valence electrons. The van der Waals surface area contributed by atoms with Gasteiger partial charge in [-0.25, -0.2) is 4.57 Å². The Morgan fingerprint density at radius 3 is 2.51 bits per heavy atom. The van der Waals surface area contributed by atoms with Crippen LogP contribution in [-0.4, -0.2) is 30.8 Å². The Kier molecular flexibility index (Phi) is 6.13. The van der Waals surface area contributed by atoms with Crippen LogP contribution in [0.4, 0.5) is 5.69 Å². The fourth-order valence-corrected chi connectivity index (χ4v) is 4.94. The van der Waals surface area contributed by atoms with E-state index >= 15 is 0 Å². The second-order valence-corrected chi connectivity index (χ2v) is 9.40. The number of fused-ring (bicyclic) bond motifs is 3. The molecule has 1 N–H and O–H groups in total. The largest absolute Gasteiger partial charge is 0.325 e. The van der Waals surface area contributed by atoms with Crippen molar-refractivity contribution >= 4 is 40.0 Å². The third-order valence-electron chi connectivity index (χ3n) is 5.97. The number of hydrogen-bond donors (Lipinski definition) is 1. The molecule has 0 atom stereocenters. The minimum absolute atomic E-state index is 0.136. The van der Waals surface area contributed by atoms with Crippen LogP contribution in [0, 0.1) is 13.8 Å². The third-order valence-corrected chi connectivity index (χ3v) is 6.90. The first kappa shape index (κ1) is 22.9. The van der Waals surface area contributed by atoms with Crippen molar-refractivity contribution in [3.8, 4) is 5.69 Å². The zero-order valence-corrected chi connectivity index (χ0v) is 20.6. The van der Waals surface area contributed by atoms with E-state index in [0.717, 1.165) is 28.9 Å². The highest BCUT2D eigenvalue weighted by atomic mass is 32.2. The Labute approximate surface area is 206 Å². The van der Waals surface area contributed by atoms with E-state index in [9.17, 15) is 9.59 Å². The maximum absolute atomic E-state index is 13.5. The minimum Gasteiger partial charge on any atom is -0.325 e. The summed E-state index contributed by atoms with van der Waals surface area (Å²) >= 11 is 1.28. The van der Waals surface area contributed by atoms with Gasteiger partial charge in [-0.15, -0.1) is 10.2 Å². The number of nitrogens with one attached hydrogen (secondary N) is 1. The number of nitrogens with zero attached hydrogens (tertiary/aromatic N) is 4. The minimum atomic E-state index is -0.155. The summed E-state index contributed by atoms with van der Waals surface area (Å²) in [5, 5.41) is 12.8. The first-order valence-electron chi connectivity index (χ1n) is 11.4. The second-order valence-electron chi connectivity index (χ2n) is 8.45. The van der Waals surface area contributed by atoms with Gasteiger partial charge in [0.05, 0.1) is 22.3 Å². The lowest BCUT2D eigenvalue weighted by atomic mass is 10.1. The first-order chi connectivity index (χ1) is 17.0. The Morgan fingerprint density at radius 2 is 1.77 bits per heavy atom. The molecule has 0 aliphatic heterocycles. The summed E-state index contributed by atoms with van der Waals surface area (Å²) in [4.78, 5) is 26.2. The summed E-state index contributed by atoms with van der Waals surface area (Å²) in [6, 6.07) is 21.2. The number of carbonyl (C=O) groups is 1. The molecule has 5 aromatic rings. The van der Waals surface area contributed by atoms with Crippen molar-refractivity contribution in [3.63, 3.8) is 0 Å². The van der Waals surface area contributed by atoms with Crippen LogP contribution in [0.25, 0.3) is 22.4 Å². The summed E-state index contributed by atoms with van der Waals surface area (Å²) in [6.45, 7) is 6.09. The van der Waals surface area contributed by atoms with E-state index < -0.39 is 0 Å². The molecule has 0 radical (unpaired) electrons. The predicted octanol–water partition coefficient (Wildman–Crippen LogP) is 4.94. The number of carbonyl (C=O) groups excluding carboxylic acids is 1. The quantitative estimate of drug-likeness (QED) is 0.346. The van der Waals surface area contributed by atoms with E-state index in [1.807, 2.05) is 78.9 Å². The van der Waals surface area contributed by atoms with Gasteiger partial charge < -0.3 is 5.32 Å². The van der Waals surface area contributed by atoms with Crippen LogP contribution in [0.1, 0.15) is 23.6 Å². The molecule has 0 saturated carbocycles. The van der Waals surface area contributed by atoms with Crippen molar-refractivity contribution in [3.05, 3.63) is 93.8 Å². The number of hydrogen-bond acceptors (Lipinski definition) is 5. The van der Waals surface area contributed by atoms with Crippen LogP contribution in [0.5, 0.6) is 0 Å². The second kappa shape index (κ2) is 9.38. The number of thioether (sulfide) groups is 1. The average Bonchev–Trinajstić information content (AvgIpc) is 3.28. The molecule has 0 unspecified atom stereocenters. The Morgan fingerprint density at radius 1 is 1.00 bits per heavy atom. The van der Waals surface area contributed by atoms with Crippen molar-refractivity contribution in [1.82, 2.24) is 19.2 Å². The number of aromatic nitrogens is 4. The molecule has 3 aromatic carbocycles. The predicted molar refractivity (Wildman–Crippen MR) is 141 cm³/mol. The lowest BCUT2D eigenvalue weighted by Crippen LogP contribution is -2.22. The number of benzene rings is 3. The summed E-state index contributed by atoms with van der Waals surface area (Å²) in [6.07, 6.45) is 0.950. The normalized spacial score (nSPS) is 11.3. The molecule has 2 aromatic heterocycles. The van der Waals surface area contributed by atoms with Crippen LogP contribution in [-0.2, 0) is 11.2 Å². The van der Waals surface area contributed by atoms with Crippen LogP contribution < -0.4 is 10.9 Å². The summed E-state index contributed by atoms with van der Waals surface area (Å²) in [5.41, 5.74) is 5.36. The molecule has 2 heterocycles. The van der Waals surface area contributed by atoms with Crippen molar-refractivity contribution in [2.45, 2.75) is 32.3 Å². The third kappa shape index (κ3) is 4.33. The van der Waals surface area contributed by atoms with Crippen molar-refractivity contribution in [1.29, 1.82) is 0 Å². The van der Waals surface area contributed by atoms with E-state index in [0.29, 0.717) is 21.8 Å². The Hall–Kier alpha value is -3.91. The maximum atomic E-state index is 13.5. The molecule has 0 saturated heterocycles. The van der Waals surface area contributed by atoms with Gasteiger partial charge in [0.25, 0.3) is 5.56 Å². The van der Waals surface area contributed by atoms with E-state index in [1.165, 1.54) is 17.3 Å². The molecule has 0 aliphatic carbocycles. The van der Waals surface area contributed by atoms with E-state index in [4.69, 9.17) is 0 Å². The molecule has 35 heavy (non-hydrogen) atoms. The zero-order chi connectivity index (χ0) is 24.5. The molecule has 0 fully saturated rings. The number of rotatable bonds is 6. The van der Waals surface area contributed by atoms with Gasteiger partial charge in [-0.1, -0.05) is 60.6 Å². The fraction of sp³-hybridized carbons (Fsp3) is 0.185. The molecule has 5 rings (SSSR count). The average molecular weight is 484 g/mol. The lowest BCUT2D eigenvalue weighted by molar-refractivity contribution is -0.113. The number of anilines is 1. The molecule has 0 aliphatic rings. The molecule has 0 spiro atoms. The van der Waals surface area contributed by atoms with Gasteiger partial charge in [0.1, 0.15) is 0 Å². The van der Waals surface area contributed by atoms with Gasteiger partial charge >= 0.3 is 0 Å². The van der Waals surface area contributed by atoms with Crippen LogP contribution in [0.2, 0.25) is 0 Å². The van der Waals surface area contributed by atoms with Crippen molar-refractivity contribution < 1.29 is 4.79 Å². The highest BCUT2D eigenvalue weighted by Gasteiger charge is 2.19. The number of para-hydroxylation sites is 1. The van der Waals surface area contributed by atoms with Gasteiger partial charge in [-0.2, -0.15) is 0 Å². The van der Waals surface area contributed by atoms with Crippen molar-refractivity contribution in [2.75, 3.05) is 11.1 Å². The summed E-state index contributed by atoms with van der Waals surface area (Å²) in [7, 11) is 0.